The highest BCUT2D eigenvalue weighted by molar-refractivity contribution is 8.00. The summed E-state index contributed by atoms with van der Waals surface area (Å²) in [5.74, 6) is 2.17. The Morgan fingerprint density at radius 1 is 1.24 bits per heavy atom. The van der Waals surface area contributed by atoms with E-state index in [9.17, 15) is 0 Å². The molecular formula is C17H27N3S. The Labute approximate surface area is 132 Å². The third-order valence-electron chi connectivity index (χ3n) is 3.69. The van der Waals surface area contributed by atoms with Crippen LogP contribution in [0.25, 0.3) is 11.0 Å². The van der Waals surface area contributed by atoms with E-state index in [4.69, 9.17) is 4.98 Å². The topological polar surface area (TPSA) is 21.1 Å². The largest absolute Gasteiger partial charge is 0.348 e. The lowest BCUT2D eigenvalue weighted by molar-refractivity contribution is 0.624. The van der Waals surface area contributed by atoms with Crippen molar-refractivity contribution in [3.05, 3.63) is 24.3 Å². The van der Waals surface area contributed by atoms with Crippen LogP contribution < -0.4 is 4.90 Å². The monoisotopic (exact) mass is 305 g/mol. The van der Waals surface area contributed by atoms with Crippen molar-refractivity contribution in [1.29, 1.82) is 0 Å². The van der Waals surface area contributed by atoms with Gasteiger partial charge >= 0.3 is 0 Å². The number of imidazole rings is 1. The Balaban J connectivity index is 2.15. The third kappa shape index (κ3) is 3.94. The van der Waals surface area contributed by atoms with Crippen molar-refractivity contribution < 1.29 is 0 Å². The lowest BCUT2D eigenvalue weighted by Gasteiger charge is -2.24. The average Bonchev–Trinajstić information content (AvgIpc) is 2.78. The molecule has 0 aliphatic carbocycles. The smallest absolute Gasteiger partial charge is 0.206 e. The zero-order chi connectivity index (χ0) is 15.5. The second-order valence-corrected chi connectivity index (χ2v) is 8.11. The summed E-state index contributed by atoms with van der Waals surface area (Å²) in [6.45, 7) is 7.96. The first-order valence-corrected chi connectivity index (χ1v) is 8.70. The minimum atomic E-state index is 0.364. The zero-order valence-corrected chi connectivity index (χ0v) is 14.7. The fourth-order valence-electron chi connectivity index (χ4n) is 2.71. The van der Waals surface area contributed by atoms with E-state index in [1.54, 1.807) is 0 Å². The van der Waals surface area contributed by atoms with Crippen molar-refractivity contribution in [3.63, 3.8) is 0 Å². The fourth-order valence-corrected chi connectivity index (χ4v) is 3.89. The molecule has 0 fully saturated rings. The van der Waals surface area contributed by atoms with Crippen LogP contribution in [0.3, 0.4) is 0 Å². The van der Waals surface area contributed by atoms with Crippen LogP contribution in [0, 0.1) is 0 Å². The summed E-state index contributed by atoms with van der Waals surface area (Å²) in [5, 5.41) is 0. The summed E-state index contributed by atoms with van der Waals surface area (Å²) in [7, 11) is 4.12. The number of nitrogens with zero attached hydrogens (tertiary/aromatic N) is 3. The minimum absolute atomic E-state index is 0.364. The van der Waals surface area contributed by atoms with Crippen LogP contribution in [0.5, 0.6) is 0 Å². The highest BCUT2D eigenvalue weighted by Crippen LogP contribution is 2.30. The van der Waals surface area contributed by atoms with E-state index >= 15 is 0 Å². The number of aryl methyl sites for hydroxylation is 1. The van der Waals surface area contributed by atoms with Gasteiger partial charge in [-0.2, -0.15) is 11.8 Å². The van der Waals surface area contributed by atoms with E-state index in [0.29, 0.717) is 4.75 Å². The Kier molecular flexibility index (Phi) is 5.20. The molecule has 4 heteroatoms. The molecule has 0 bridgehead atoms. The molecule has 0 aliphatic rings. The summed E-state index contributed by atoms with van der Waals surface area (Å²) in [4.78, 5) is 6.84. The van der Waals surface area contributed by atoms with Gasteiger partial charge in [0.15, 0.2) is 0 Å². The standard InChI is InChI=1S/C17H27N3S/c1-6-11-17(2,3)21-13-12-20-15-10-8-7-9-14(15)18-16(20)19(4)5/h7-10H,6,11-13H2,1-5H3. The second-order valence-electron chi connectivity index (χ2n) is 6.30. The predicted octanol–water partition coefficient (Wildman–Crippen LogP) is 4.41. The van der Waals surface area contributed by atoms with Gasteiger partial charge in [0, 0.05) is 31.1 Å². The molecule has 0 unspecified atom stereocenters. The van der Waals surface area contributed by atoms with E-state index in [2.05, 4.69) is 80.4 Å². The lowest BCUT2D eigenvalue weighted by Crippen LogP contribution is -2.19. The number of thioether (sulfide) groups is 1. The Morgan fingerprint density at radius 3 is 2.62 bits per heavy atom. The van der Waals surface area contributed by atoms with Gasteiger partial charge in [-0.05, 0) is 18.6 Å². The Morgan fingerprint density at radius 2 is 1.95 bits per heavy atom. The average molecular weight is 305 g/mol. The number of hydrogen-bond acceptors (Lipinski definition) is 3. The van der Waals surface area contributed by atoms with Crippen LogP contribution in [0.1, 0.15) is 33.6 Å². The molecule has 3 nitrogen and oxygen atoms in total. The van der Waals surface area contributed by atoms with Gasteiger partial charge in [0.1, 0.15) is 0 Å². The summed E-state index contributed by atoms with van der Waals surface area (Å²) in [6.07, 6.45) is 2.51. The summed E-state index contributed by atoms with van der Waals surface area (Å²) >= 11 is 2.06. The van der Waals surface area contributed by atoms with Crippen molar-refractivity contribution in [2.45, 2.75) is 44.9 Å². The Hall–Kier alpha value is -1.16. The van der Waals surface area contributed by atoms with Crippen LogP contribution >= 0.6 is 11.8 Å². The number of benzene rings is 1. The van der Waals surface area contributed by atoms with Crippen LogP contribution in [0.2, 0.25) is 0 Å². The SMILES string of the molecule is CCCC(C)(C)SCCn1c(N(C)C)nc2ccccc21. The van der Waals surface area contributed by atoms with Crippen LogP contribution in [0.15, 0.2) is 24.3 Å². The van der Waals surface area contributed by atoms with Gasteiger partial charge in [0.2, 0.25) is 5.95 Å². The van der Waals surface area contributed by atoms with E-state index < -0.39 is 0 Å². The van der Waals surface area contributed by atoms with Gasteiger partial charge in [-0.25, -0.2) is 4.98 Å². The minimum Gasteiger partial charge on any atom is -0.348 e. The Bertz CT molecular complexity index is 587. The number of fused-ring (bicyclic) bond motifs is 1. The van der Waals surface area contributed by atoms with E-state index in [-0.39, 0.29) is 0 Å². The molecule has 0 saturated heterocycles. The first-order valence-electron chi connectivity index (χ1n) is 7.71. The van der Waals surface area contributed by atoms with Crippen LogP contribution in [-0.4, -0.2) is 34.1 Å². The molecule has 21 heavy (non-hydrogen) atoms. The number of anilines is 1. The number of hydrogen-bond donors (Lipinski definition) is 0. The maximum Gasteiger partial charge on any atom is 0.206 e. The van der Waals surface area contributed by atoms with E-state index in [1.807, 2.05) is 0 Å². The molecule has 0 aliphatic heterocycles. The van der Waals surface area contributed by atoms with Crippen LogP contribution in [-0.2, 0) is 6.54 Å². The molecule has 2 aromatic rings. The molecule has 0 radical (unpaired) electrons. The third-order valence-corrected chi connectivity index (χ3v) is 5.07. The first kappa shape index (κ1) is 16.2. The van der Waals surface area contributed by atoms with Gasteiger partial charge in [-0.3, -0.25) is 0 Å². The number of aromatic nitrogens is 2. The van der Waals surface area contributed by atoms with Crippen molar-refractivity contribution in [1.82, 2.24) is 9.55 Å². The summed E-state index contributed by atoms with van der Waals surface area (Å²) in [6, 6.07) is 8.40. The van der Waals surface area contributed by atoms with Gasteiger partial charge in [0.25, 0.3) is 0 Å². The van der Waals surface area contributed by atoms with Gasteiger partial charge in [-0.15, -0.1) is 0 Å². The highest BCUT2D eigenvalue weighted by atomic mass is 32.2. The highest BCUT2D eigenvalue weighted by Gasteiger charge is 2.18. The first-order chi connectivity index (χ1) is 9.94. The maximum atomic E-state index is 4.74. The molecule has 0 amide bonds. The maximum absolute atomic E-state index is 4.74. The molecule has 0 saturated carbocycles. The van der Waals surface area contributed by atoms with Crippen molar-refractivity contribution in [3.8, 4) is 0 Å². The van der Waals surface area contributed by atoms with E-state index in [0.717, 1.165) is 23.8 Å². The molecular weight excluding hydrogens is 278 g/mol. The quantitative estimate of drug-likeness (QED) is 0.756. The molecule has 0 spiro atoms. The van der Waals surface area contributed by atoms with Crippen molar-refractivity contribution in [2.75, 3.05) is 24.7 Å². The van der Waals surface area contributed by atoms with Crippen LogP contribution in [0.4, 0.5) is 5.95 Å². The van der Waals surface area contributed by atoms with E-state index in [1.165, 1.54) is 18.4 Å². The molecule has 2 rings (SSSR count). The van der Waals surface area contributed by atoms with Gasteiger partial charge < -0.3 is 9.47 Å². The predicted molar refractivity (Wildman–Crippen MR) is 95.5 cm³/mol. The molecule has 0 atom stereocenters. The summed E-state index contributed by atoms with van der Waals surface area (Å²) in [5.41, 5.74) is 2.31. The number of rotatable bonds is 7. The van der Waals surface area contributed by atoms with Gasteiger partial charge in [0.05, 0.1) is 11.0 Å². The van der Waals surface area contributed by atoms with Crippen molar-refractivity contribution in [2.24, 2.45) is 0 Å². The molecule has 0 N–H and O–H groups in total. The molecule has 1 aromatic heterocycles. The second kappa shape index (κ2) is 6.73. The number of para-hydroxylation sites is 2. The zero-order valence-electron chi connectivity index (χ0n) is 13.9. The molecule has 1 heterocycles. The van der Waals surface area contributed by atoms with Gasteiger partial charge in [-0.1, -0.05) is 39.3 Å². The molecule has 116 valence electrons. The lowest BCUT2D eigenvalue weighted by atomic mass is 10.1. The molecule has 1 aromatic carbocycles. The normalized spacial score (nSPS) is 12.0. The summed E-state index contributed by atoms with van der Waals surface area (Å²) < 4.78 is 2.70. The van der Waals surface area contributed by atoms with Crippen molar-refractivity contribution >= 4 is 28.7 Å². The fraction of sp³-hybridized carbons (Fsp3) is 0.588.